The Bertz CT molecular complexity index is 812. The van der Waals surface area contributed by atoms with Gasteiger partial charge in [0, 0.05) is 18.0 Å². The Balaban J connectivity index is 0.00000168. The molecule has 2 heterocycles. The highest BCUT2D eigenvalue weighted by Crippen LogP contribution is 2.51. The predicted octanol–water partition coefficient (Wildman–Crippen LogP) is 3.53. The van der Waals surface area contributed by atoms with Gasteiger partial charge < -0.3 is 14.2 Å². The van der Waals surface area contributed by atoms with Crippen molar-refractivity contribution in [1.29, 1.82) is 0 Å². The van der Waals surface area contributed by atoms with Gasteiger partial charge in [-0.3, -0.25) is 4.90 Å². The summed E-state index contributed by atoms with van der Waals surface area (Å²) in [6, 6.07) is 14.7. The number of fused-ring (bicyclic) bond motifs is 4. The second-order valence-electron chi connectivity index (χ2n) is 7.37. The van der Waals surface area contributed by atoms with Gasteiger partial charge >= 0.3 is 0 Å². The molecule has 5 rings (SSSR count). The summed E-state index contributed by atoms with van der Waals surface area (Å²) in [7, 11) is 3.98. The molecular formula is C21H24ClNO3. The number of rotatable bonds is 2. The number of likely N-dealkylation sites (tertiary alicyclic amines) is 1. The fourth-order valence-electron chi connectivity index (χ4n) is 5.08. The summed E-state index contributed by atoms with van der Waals surface area (Å²) in [6.07, 6.45) is 1.16. The van der Waals surface area contributed by atoms with Gasteiger partial charge in [-0.25, -0.2) is 0 Å². The van der Waals surface area contributed by atoms with E-state index in [1.54, 1.807) is 7.11 Å². The summed E-state index contributed by atoms with van der Waals surface area (Å²) in [6.45, 7) is 1.69. The smallest absolute Gasteiger partial charge is 0.161 e. The van der Waals surface area contributed by atoms with Gasteiger partial charge in [0.05, 0.1) is 13.2 Å². The summed E-state index contributed by atoms with van der Waals surface area (Å²) >= 11 is 0. The maximum Gasteiger partial charge on any atom is 0.161 e. The topological polar surface area (TPSA) is 30.9 Å². The minimum atomic E-state index is 0. The number of halogens is 1. The van der Waals surface area contributed by atoms with Crippen LogP contribution in [-0.4, -0.2) is 44.4 Å². The van der Waals surface area contributed by atoms with Crippen LogP contribution < -0.4 is 14.2 Å². The van der Waals surface area contributed by atoms with Gasteiger partial charge in [0.1, 0.15) is 18.5 Å². The molecule has 3 unspecified atom stereocenters. The number of benzene rings is 2. The standard InChI is InChI=1S/C21H23NO3.ClH/c1-22-11-14-10-13-6-5-9-17(23-2)19(13)20(14)21(22)18-12-24-15-7-3-4-8-16(15)25-18;/h3-9,14,18,20-21H,10-12H2,1-2H3;1H/t14?,18-,20?,21?;/m0./s1. The van der Waals surface area contributed by atoms with Crippen LogP contribution in [-0.2, 0) is 6.42 Å². The highest BCUT2D eigenvalue weighted by atomic mass is 35.5. The van der Waals surface area contributed by atoms with Gasteiger partial charge in [0.15, 0.2) is 11.5 Å². The van der Waals surface area contributed by atoms with E-state index in [0.717, 1.165) is 30.2 Å². The maximum atomic E-state index is 6.38. The molecule has 0 N–H and O–H groups in total. The molecule has 1 aliphatic carbocycles. The molecule has 2 aromatic rings. The minimum absolute atomic E-state index is 0. The van der Waals surface area contributed by atoms with Crippen molar-refractivity contribution in [1.82, 2.24) is 4.90 Å². The molecule has 0 aromatic heterocycles. The highest BCUT2D eigenvalue weighted by Gasteiger charge is 2.51. The number of methoxy groups -OCH3 is 1. The first kappa shape index (κ1) is 17.5. The van der Waals surface area contributed by atoms with Crippen molar-refractivity contribution in [2.24, 2.45) is 5.92 Å². The number of nitrogens with zero attached hydrogens (tertiary/aromatic N) is 1. The number of hydrogen-bond acceptors (Lipinski definition) is 4. The maximum absolute atomic E-state index is 6.38. The van der Waals surface area contributed by atoms with Gasteiger partial charge in [-0.15, -0.1) is 12.4 Å². The Morgan fingerprint density at radius 3 is 2.69 bits per heavy atom. The van der Waals surface area contributed by atoms with Crippen LogP contribution in [0.4, 0.5) is 0 Å². The van der Waals surface area contributed by atoms with Crippen LogP contribution in [0.25, 0.3) is 0 Å². The Morgan fingerprint density at radius 2 is 1.88 bits per heavy atom. The molecule has 26 heavy (non-hydrogen) atoms. The molecule has 4 atom stereocenters. The average Bonchev–Trinajstić information content (AvgIpc) is 3.15. The molecule has 138 valence electrons. The van der Waals surface area contributed by atoms with Crippen molar-refractivity contribution in [2.45, 2.75) is 24.5 Å². The summed E-state index contributed by atoms with van der Waals surface area (Å²) in [5.41, 5.74) is 2.82. The quantitative estimate of drug-likeness (QED) is 0.805. The fourth-order valence-corrected chi connectivity index (χ4v) is 5.08. The van der Waals surface area contributed by atoms with Crippen molar-refractivity contribution in [3.05, 3.63) is 53.6 Å². The molecule has 2 aromatic carbocycles. The zero-order valence-corrected chi connectivity index (χ0v) is 15.9. The van der Waals surface area contributed by atoms with E-state index in [9.17, 15) is 0 Å². The number of ether oxygens (including phenoxy) is 3. The van der Waals surface area contributed by atoms with Crippen molar-refractivity contribution in [2.75, 3.05) is 27.3 Å². The second kappa shape index (κ2) is 6.67. The van der Waals surface area contributed by atoms with E-state index in [1.165, 1.54) is 11.1 Å². The fraction of sp³-hybridized carbons (Fsp3) is 0.429. The molecule has 0 amide bonds. The van der Waals surface area contributed by atoms with Gasteiger partial charge in [0.2, 0.25) is 0 Å². The van der Waals surface area contributed by atoms with E-state index in [2.05, 4.69) is 30.1 Å². The first-order valence-electron chi connectivity index (χ1n) is 9.00. The second-order valence-corrected chi connectivity index (χ2v) is 7.37. The van der Waals surface area contributed by atoms with E-state index in [-0.39, 0.29) is 18.5 Å². The van der Waals surface area contributed by atoms with Gasteiger partial charge in [-0.2, -0.15) is 0 Å². The first-order chi connectivity index (χ1) is 12.3. The average molecular weight is 374 g/mol. The first-order valence-corrected chi connectivity index (χ1v) is 9.00. The largest absolute Gasteiger partial charge is 0.496 e. The summed E-state index contributed by atoms with van der Waals surface area (Å²) in [5.74, 6) is 3.79. The van der Waals surface area contributed by atoms with Crippen LogP contribution in [0.15, 0.2) is 42.5 Å². The van der Waals surface area contributed by atoms with E-state index in [4.69, 9.17) is 14.2 Å². The molecule has 0 saturated carbocycles. The molecule has 1 fully saturated rings. The Hall–Kier alpha value is -1.91. The number of para-hydroxylation sites is 2. The molecule has 5 heteroatoms. The molecule has 0 radical (unpaired) electrons. The molecule has 1 saturated heterocycles. The van der Waals surface area contributed by atoms with Gasteiger partial charge in [0.25, 0.3) is 0 Å². The molecular weight excluding hydrogens is 350 g/mol. The monoisotopic (exact) mass is 373 g/mol. The molecule has 0 bridgehead atoms. The van der Waals surface area contributed by atoms with Crippen molar-refractivity contribution < 1.29 is 14.2 Å². The third-order valence-electron chi connectivity index (χ3n) is 6.01. The zero-order chi connectivity index (χ0) is 17.0. The molecule has 4 nitrogen and oxygen atoms in total. The molecule has 2 aliphatic heterocycles. The SMILES string of the molecule is COc1cccc2c1C1C(C2)CN(C)C1[C@@H]1COc2ccccc2O1.Cl. The molecule has 3 aliphatic rings. The van der Waals surface area contributed by atoms with E-state index in [0.29, 0.717) is 24.5 Å². The highest BCUT2D eigenvalue weighted by molar-refractivity contribution is 5.85. The lowest BCUT2D eigenvalue weighted by atomic mass is 9.86. The third kappa shape index (κ3) is 2.55. The normalized spacial score (nSPS) is 28.8. The summed E-state index contributed by atoms with van der Waals surface area (Å²) < 4.78 is 18.1. The lowest BCUT2D eigenvalue weighted by Gasteiger charge is -2.36. The lowest BCUT2D eigenvalue weighted by molar-refractivity contribution is 0.0314. The van der Waals surface area contributed by atoms with Crippen LogP contribution in [0.5, 0.6) is 17.2 Å². The van der Waals surface area contributed by atoms with Crippen LogP contribution in [0.1, 0.15) is 17.0 Å². The van der Waals surface area contributed by atoms with Gasteiger partial charge in [-0.05, 0) is 43.1 Å². The Labute approximate surface area is 160 Å². The lowest BCUT2D eigenvalue weighted by Crippen LogP contribution is -2.47. The third-order valence-corrected chi connectivity index (χ3v) is 6.01. The summed E-state index contributed by atoms with van der Waals surface area (Å²) in [4.78, 5) is 2.45. The van der Waals surface area contributed by atoms with E-state index < -0.39 is 0 Å². The van der Waals surface area contributed by atoms with E-state index >= 15 is 0 Å². The Morgan fingerprint density at radius 1 is 1.08 bits per heavy atom. The van der Waals surface area contributed by atoms with Crippen LogP contribution in [0.3, 0.4) is 0 Å². The van der Waals surface area contributed by atoms with Crippen molar-refractivity contribution in [3.63, 3.8) is 0 Å². The number of hydrogen-bond donors (Lipinski definition) is 0. The van der Waals surface area contributed by atoms with E-state index in [1.807, 2.05) is 24.3 Å². The van der Waals surface area contributed by atoms with Crippen LogP contribution in [0, 0.1) is 5.92 Å². The van der Waals surface area contributed by atoms with Crippen LogP contribution in [0.2, 0.25) is 0 Å². The minimum Gasteiger partial charge on any atom is -0.496 e. The zero-order valence-electron chi connectivity index (χ0n) is 15.1. The van der Waals surface area contributed by atoms with Gasteiger partial charge in [-0.1, -0.05) is 24.3 Å². The predicted molar refractivity (Wildman–Crippen MR) is 103 cm³/mol. The summed E-state index contributed by atoms with van der Waals surface area (Å²) in [5, 5.41) is 0. The van der Waals surface area contributed by atoms with Crippen molar-refractivity contribution >= 4 is 12.4 Å². The Kier molecular flexibility index (Phi) is 4.49. The number of likely N-dealkylation sites (N-methyl/N-ethyl adjacent to an activating group) is 1. The molecule has 0 spiro atoms. The van der Waals surface area contributed by atoms with Crippen LogP contribution >= 0.6 is 12.4 Å². The van der Waals surface area contributed by atoms with Crippen molar-refractivity contribution in [3.8, 4) is 17.2 Å².